The molecule has 6 nitrogen and oxygen atoms in total. The van der Waals surface area contributed by atoms with Crippen LogP contribution < -0.4 is 21.7 Å². The number of nitrogens with one attached hydrogen (secondary N) is 3. The second-order valence-corrected chi connectivity index (χ2v) is 6.30. The third-order valence-corrected chi connectivity index (χ3v) is 3.08. The van der Waals surface area contributed by atoms with Gasteiger partial charge < -0.3 is 21.7 Å². The van der Waals surface area contributed by atoms with Crippen molar-refractivity contribution in [1.82, 2.24) is 5.32 Å². The Morgan fingerprint density at radius 2 is 2.10 bits per heavy atom. The van der Waals surface area contributed by atoms with Crippen molar-refractivity contribution in [3.05, 3.63) is 17.7 Å². The van der Waals surface area contributed by atoms with E-state index in [9.17, 15) is 9.59 Å². The van der Waals surface area contributed by atoms with E-state index in [4.69, 9.17) is 5.73 Å². The summed E-state index contributed by atoms with van der Waals surface area (Å²) in [5.74, 6) is -0.0332. The minimum absolute atomic E-state index is 0.0111. The van der Waals surface area contributed by atoms with Crippen LogP contribution in [0.4, 0.5) is 17.1 Å². The summed E-state index contributed by atoms with van der Waals surface area (Å²) in [5.41, 5.74) is 8.75. The van der Waals surface area contributed by atoms with Gasteiger partial charge in [0.1, 0.15) is 0 Å². The number of amides is 2. The van der Waals surface area contributed by atoms with Crippen molar-refractivity contribution in [3.8, 4) is 0 Å². The molecule has 1 aromatic carbocycles. The zero-order chi connectivity index (χ0) is 15.6. The average Bonchev–Trinajstić information content (AvgIpc) is 2.66. The molecule has 0 saturated heterocycles. The number of carbonyl (C=O) groups is 2. The first-order valence-electron chi connectivity index (χ1n) is 7.02. The first kappa shape index (κ1) is 15.2. The Labute approximate surface area is 124 Å². The molecule has 0 atom stereocenters. The van der Waals surface area contributed by atoms with Gasteiger partial charge in [-0.15, -0.1) is 0 Å². The van der Waals surface area contributed by atoms with Crippen LogP contribution in [0.2, 0.25) is 0 Å². The van der Waals surface area contributed by atoms with Crippen LogP contribution in [0.25, 0.3) is 0 Å². The van der Waals surface area contributed by atoms with E-state index in [0.29, 0.717) is 25.1 Å². The molecular formula is C15H22N4O2. The summed E-state index contributed by atoms with van der Waals surface area (Å²) in [5, 5.41) is 8.82. The van der Waals surface area contributed by atoms with Crippen LogP contribution in [0.5, 0.6) is 0 Å². The van der Waals surface area contributed by atoms with E-state index in [1.165, 1.54) is 0 Å². The molecule has 0 bridgehead atoms. The topological polar surface area (TPSA) is 96.2 Å². The van der Waals surface area contributed by atoms with Gasteiger partial charge in [-0.05, 0) is 38.5 Å². The van der Waals surface area contributed by atoms with Gasteiger partial charge in [-0.2, -0.15) is 0 Å². The number of hydrogen-bond acceptors (Lipinski definition) is 4. The molecule has 1 aliphatic heterocycles. The molecule has 0 aliphatic carbocycles. The third kappa shape index (κ3) is 4.11. The van der Waals surface area contributed by atoms with Crippen molar-refractivity contribution >= 4 is 28.9 Å². The van der Waals surface area contributed by atoms with Crippen LogP contribution in [-0.2, 0) is 16.0 Å². The quantitative estimate of drug-likeness (QED) is 0.632. The van der Waals surface area contributed by atoms with Gasteiger partial charge in [0.2, 0.25) is 11.8 Å². The van der Waals surface area contributed by atoms with Gasteiger partial charge in [0.05, 0.1) is 17.8 Å². The lowest BCUT2D eigenvalue weighted by Gasteiger charge is -2.20. The number of nitrogens with two attached hydrogens (primary N) is 1. The predicted molar refractivity (Wildman–Crippen MR) is 84.2 cm³/mol. The maximum atomic E-state index is 11.7. The molecule has 0 unspecified atom stereocenters. The van der Waals surface area contributed by atoms with Crippen molar-refractivity contribution in [2.45, 2.75) is 39.2 Å². The summed E-state index contributed by atoms with van der Waals surface area (Å²) in [4.78, 5) is 23.1. The zero-order valence-corrected chi connectivity index (χ0v) is 12.7. The first-order chi connectivity index (χ1) is 9.74. The summed E-state index contributed by atoms with van der Waals surface area (Å²) in [6, 6.07) is 3.61. The van der Waals surface area contributed by atoms with Gasteiger partial charge in [0, 0.05) is 24.2 Å². The summed E-state index contributed by atoms with van der Waals surface area (Å²) in [7, 11) is 0. The molecule has 114 valence electrons. The molecule has 0 radical (unpaired) electrons. The summed E-state index contributed by atoms with van der Waals surface area (Å²) < 4.78 is 0. The standard InChI is InChI=1S/C15H22N4O2/c1-15(2,3)19-13(20)4-5-17-12-8-11-9(6-10(12)16)7-14(21)18-11/h6,8,17H,4-5,7,16H2,1-3H3,(H,18,21)(H,19,20). The number of hydrogen-bond donors (Lipinski definition) is 4. The number of rotatable bonds is 4. The van der Waals surface area contributed by atoms with E-state index < -0.39 is 0 Å². The molecule has 1 heterocycles. The van der Waals surface area contributed by atoms with Crippen molar-refractivity contribution < 1.29 is 9.59 Å². The molecule has 1 aliphatic rings. The highest BCUT2D eigenvalue weighted by atomic mass is 16.2. The van der Waals surface area contributed by atoms with E-state index >= 15 is 0 Å². The predicted octanol–water partition coefficient (Wildman–Crippen LogP) is 1.48. The van der Waals surface area contributed by atoms with Crippen molar-refractivity contribution in [2.75, 3.05) is 22.9 Å². The number of anilines is 3. The number of fused-ring (bicyclic) bond motifs is 1. The van der Waals surface area contributed by atoms with Crippen LogP contribution in [0, 0.1) is 0 Å². The molecule has 0 spiro atoms. The van der Waals surface area contributed by atoms with Crippen LogP contribution in [0.15, 0.2) is 12.1 Å². The lowest BCUT2D eigenvalue weighted by molar-refractivity contribution is -0.122. The molecule has 1 aromatic rings. The summed E-state index contributed by atoms with van der Waals surface area (Å²) in [6.45, 7) is 6.32. The molecule has 0 fully saturated rings. The maximum Gasteiger partial charge on any atom is 0.228 e. The van der Waals surface area contributed by atoms with Gasteiger partial charge in [0.25, 0.3) is 0 Å². The molecule has 6 heteroatoms. The smallest absolute Gasteiger partial charge is 0.228 e. The van der Waals surface area contributed by atoms with E-state index in [-0.39, 0.29) is 17.4 Å². The zero-order valence-electron chi connectivity index (χ0n) is 12.7. The Hall–Kier alpha value is -2.24. The maximum absolute atomic E-state index is 11.7. The Bertz CT molecular complexity index is 576. The number of benzene rings is 1. The highest BCUT2D eigenvalue weighted by molar-refractivity contribution is 6.00. The molecule has 21 heavy (non-hydrogen) atoms. The SMILES string of the molecule is CC(C)(C)NC(=O)CCNc1cc2c(cc1N)CC(=O)N2. The van der Waals surface area contributed by atoms with Gasteiger partial charge >= 0.3 is 0 Å². The Morgan fingerprint density at radius 3 is 2.76 bits per heavy atom. The van der Waals surface area contributed by atoms with E-state index in [0.717, 1.165) is 16.9 Å². The molecule has 2 rings (SSSR count). The van der Waals surface area contributed by atoms with Crippen molar-refractivity contribution in [1.29, 1.82) is 0 Å². The Kier molecular flexibility index (Phi) is 4.06. The molecule has 5 N–H and O–H groups in total. The van der Waals surface area contributed by atoms with E-state index in [2.05, 4.69) is 16.0 Å². The van der Waals surface area contributed by atoms with Gasteiger partial charge in [-0.1, -0.05) is 0 Å². The summed E-state index contributed by atoms with van der Waals surface area (Å²) >= 11 is 0. The first-order valence-corrected chi connectivity index (χ1v) is 7.02. The lowest BCUT2D eigenvalue weighted by Crippen LogP contribution is -2.41. The van der Waals surface area contributed by atoms with Crippen molar-refractivity contribution in [3.63, 3.8) is 0 Å². The monoisotopic (exact) mass is 290 g/mol. The van der Waals surface area contributed by atoms with E-state index in [1.54, 1.807) is 6.07 Å². The number of carbonyl (C=O) groups excluding carboxylic acids is 2. The second-order valence-electron chi connectivity index (χ2n) is 6.30. The number of nitrogen functional groups attached to an aromatic ring is 1. The molecule has 2 amide bonds. The summed E-state index contributed by atoms with van der Waals surface area (Å²) in [6.07, 6.45) is 0.730. The van der Waals surface area contributed by atoms with Crippen molar-refractivity contribution in [2.24, 2.45) is 0 Å². The van der Waals surface area contributed by atoms with Crippen LogP contribution in [-0.4, -0.2) is 23.9 Å². The van der Waals surface area contributed by atoms with E-state index in [1.807, 2.05) is 26.8 Å². The minimum Gasteiger partial charge on any atom is -0.397 e. The largest absolute Gasteiger partial charge is 0.397 e. The van der Waals surface area contributed by atoms with Crippen LogP contribution in [0.3, 0.4) is 0 Å². The highest BCUT2D eigenvalue weighted by Crippen LogP contribution is 2.31. The molecular weight excluding hydrogens is 268 g/mol. The van der Waals surface area contributed by atoms with Gasteiger partial charge in [-0.3, -0.25) is 9.59 Å². The normalized spacial score (nSPS) is 13.6. The van der Waals surface area contributed by atoms with Gasteiger partial charge in [0.15, 0.2) is 0 Å². The van der Waals surface area contributed by atoms with Crippen LogP contribution >= 0.6 is 0 Å². The Balaban J connectivity index is 1.91. The van der Waals surface area contributed by atoms with Gasteiger partial charge in [-0.25, -0.2) is 0 Å². The molecule has 0 saturated carbocycles. The fourth-order valence-electron chi connectivity index (χ4n) is 2.24. The minimum atomic E-state index is -0.228. The second kappa shape index (κ2) is 5.63. The van der Waals surface area contributed by atoms with Crippen LogP contribution in [0.1, 0.15) is 32.8 Å². The third-order valence-electron chi connectivity index (χ3n) is 3.08. The molecule has 0 aromatic heterocycles. The fourth-order valence-corrected chi connectivity index (χ4v) is 2.24. The fraction of sp³-hybridized carbons (Fsp3) is 0.467. The lowest BCUT2D eigenvalue weighted by atomic mass is 10.1. The Morgan fingerprint density at radius 1 is 1.38 bits per heavy atom. The average molecular weight is 290 g/mol. The highest BCUT2D eigenvalue weighted by Gasteiger charge is 2.19.